The first-order valence-electron chi connectivity index (χ1n) is 8.81. The fraction of sp³-hybridized carbons (Fsp3) is 0.632. The molecule has 4 heteroatoms. The molecule has 1 heterocycles. The van der Waals surface area contributed by atoms with E-state index in [4.69, 9.17) is 5.73 Å². The summed E-state index contributed by atoms with van der Waals surface area (Å²) in [5.74, 6) is 0. The van der Waals surface area contributed by atoms with Crippen molar-refractivity contribution >= 4 is 6.08 Å². The number of rotatable bonds is 11. The summed E-state index contributed by atoms with van der Waals surface area (Å²) < 4.78 is 0. The number of hydrogen-bond acceptors (Lipinski definition) is 4. The van der Waals surface area contributed by atoms with Crippen LogP contribution in [0.4, 0.5) is 0 Å². The third-order valence-corrected chi connectivity index (χ3v) is 4.06. The maximum Gasteiger partial charge on any atom is 0.0972 e. The van der Waals surface area contributed by atoms with Crippen molar-refractivity contribution in [2.75, 3.05) is 6.54 Å². The van der Waals surface area contributed by atoms with Crippen LogP contribution in [0.15, 0.2) is 24.3 Å². The lowest BCUT2D eigenvalue weighted by Gasteiger charge is -2.24. The van der Waals surface area contributed by atoms with Crippen molar-refractivity contribution in [3.05, 3.63) is 35.7 Å². The summed E-state index contributed by atoms with van der Waals surface area (Å²) >= 11 is 0. The number of nitrogens with zero attached hydrogens (tertiary/aromatic N) is 1. The lowest BCUT2D eigenvalue weighted by Crippen LogP contribution is -2.25. The average molecular weight is 320 g/mol. The van der Waals surface area contributed by atoms with E-state index in [9.17, 15) is 10.2 Å². The molecule has 1 unspecified atom stereocenters. The Morgan fingerprint density at radius 2 is 1.87 bits per heavy atom. The van der Waals surface area contributed by atoms with Crippen LogP contribution in [-0.4, -0.2) is 27.3 Å². The van der Waals surface area contributed by atoms with Crippen LogP contribution in [0.2, 0.25) is 0 Å². The zero-order valence-electron chi connectivity index (χ0n) is 14.5. The molecule has 0 aromatic carbocycles. The molecule has 0 saturated carbocycles. The molecule has 4 nitrogen and oxygen atoms in total. The van der Waals surface area contributed by atoms with Gasteiger partial charge in [-0.05, 0) is 44.0 Å². The second-order valence-corrected chi connectivity index (χ2v) is 6.22. The number of aliphatic hydroxyl groups excluding tert-OH is 1. The summed E-state index contributed by atoms with van der Waals surface area (Å²) in [5, 5.41) is 20.8. The maximum absolute atomic E-state index is 10.8. The minimum Gasteiger partial charge on any atom is -0.387 e. The molecule has 1 aromatic heterocycles. The van der Waals surface area contributed by atoms with E-state index in [-0.39, 0.29) is 0 Å². The second kappa shape index (κ2) is 10.5. The van der Waals surface area contributed by atoms with Crippen LogP contribution in [-0.2, 0) is 0 Å². The van der Waals surface area contributed by atoms with Gasteiger partial charge in [-0.15, -0.1) is 0 Å². The largest absolute Gasteiger partial charge is 0.387 e. The first-order valence-corrected chi connectivity index (χ1v) is 8.81. The molecular weight excluding hydrogens is 288 g/mol. The topological polar surface area (TPSA) is 79.4 Å². The zero-order valence-corrected chi connectivity index (χ0v) is 14.5. The fourth-order valence-corrected chi connectivity index (χ4v) is 2.55. The standard InChI is InChI=1S/C19H32N2O2/c1-3-5-12-19(23,13-6-4-2)14-10-16-8-7-9-17(21-16)18(22)11-15-20/h7-10,14,18,22-23H,3-6,11-13,15,20H2,1-2H3. The van der Waals surface area contributed by atoms with Gasteiger partial charge in [-0.2, -0.15) is 0 Å². The molecule has 0 fully saturated rings. The summed E-state index contributed by atoms with van der Waals surface area (Å²) in [4.78, 5) is 4.45. The number of aromatic nitrogens is 1. The van der Waals surface area contributed by atoms with E-state index in [1.165, 1.54) is 0 Å². The first-order chi connectivity index (χ1) is 11.0. The van der Waals surface area contributed by atoms with Crippen molar-refractivity contribution in [1.29, 1.82) is 0 Å². The normalized spacial score (nSPS) is 13.6. The van der Waals surface area contributed by atoms with Gasteiger partial charge < -0.3 is 15.9 Å². The van der Waals surface area contributed by atoms with Crippen molar-refractivity contribution in [1.82, 2.24) is 4.98 Å². The molecule has 0 amide bonds. The zero-order chi connectivity index (χ0) is 17.1. The van der Waals surface area contributed by atoms with E-state index in [1.807, 2.05) is 24.3 Å². The quantitative estimate of drug-likeness (QED) is 0.582. The van der Waals surface area contributed by atoms with Crippen LogP contribution >= 0.6 is 0 Å². The summed E-state index contributed by atoms with van der Waals surface area (Å²) in [7, 11) is 0. The lowest BCUT2D eigenvalue weighted by molar-refractivity contribution is 0.0682. The molecule has 0 spiro atoms. The molecule has 0 aliphatic carbocycles. The monoisotopic (exact) mass is 320 g/mol. The first kappa shape index (κ1) is 19.8. The fourth-order valence-electron chi connectivity index (χ4n) is 2.55. The molecule has 4 N–H and O–H groups in total. The minimum absolute atomic E-state index is 0.427. The van der Waals surface area contributed by atoms with Crippen LogP contribution in [0.1, 0.15) is 76.3 Å². The van der Waals surface area contributed by atoms with Crippen molar-refractivity contribution < 1.29 is 10.2 Å². The van der Waals surface area contributed by atoms with Crippen LogP contribution in [0.5, 0.6) is 0 Å². The lowest BCUT2D eigenvalue weighted by atomic mass is 9.90. The smallest absolute Gasteiger partial charge is 0.0972 e. The maximum atomic E-state index is 10.8. The van der Waals surface area contributed by atoms with Gasteiger partial charge in [0.1, 0.15) is 0 Å². The number of pyridine rings is 1. The van der Waals surface area contributed by atoms with E-state index >= 15 is 0 Å². The highest BCUT2D eigenvalue weighted by Gasteiger charge is 2.21. The van der Waals surface area contributed by atoms with Gasteiger partial charge in [0.2, 0.25) is 0 Å². The van der Waals surface area contributed by atoms with Gasteiger partial charge >= 0.3 is 0 Å². The Balaban J connectivity index is 2.84. The molecule has 1 aromatic rings. The van der Waals surface area contributed by atoms with Gasteiger partial charge in [-0.1, -0.05) is 51.7 Å². The average Bonchev–Trinajstić information content (AvgIpc) is 2.57. The van der Waals surface area contributed by atoms with E-state index in [1.54, 1.807) is 6.07 Å². The highest BCUT2D eigenvalue weighted by Crippen LogP contribution is 2.24. The predicted octanol–water partition coefficient (Wildman–Crippen LogP) is 3.59. The third kappa shape index (κ3) is 7.25. The predicted molar refractivity (Wildman–Crippen MR) is 95.9 cm³/mol. The SMILES string of the molecule is CCCCC(O)(C=Cc1cccc(C(O)CCN)n1)CCCC. The number of hydrogen-bond donors (Lipinski definition) is 3. The highest BCUT2D eigenvalue weighted by atomic mass is 16.3. The molecule has 23 heavy (non-hydrogen) atoms. The van der Waals surface area contributed by atoms with Gasteiger partial charge in [0.05, 0.1) is 23.1 Å². The Bertz CT molecular complexity index is 466. The Labute approximate surface area is 140 Å². The molecule has 0 aliphatic rings. The van der Waals surface area contributed by atoms with Crippen LogP contribution in [0, 0.1) is 0 Å². The Morgan fingerprint density at radius 3 is 2.43 bits per heavy atom. The summed E-state index contributed by atoms with van der Waals surface area (Å²) in [5.41, 5.74) is 6.10. The van der Waals surface area contributed by atoms with Gasteiger partial charge in [-0.25, -0.2) is 0 Å². The third-order valence-electron chi connectivity index (χ3n) is 4.06. The number of unbranched alkanes of at least 4 members (excludes halogenated alkanes) is 2. The van der Waals surface area contributed by atoms with Crippen molar-refractivity contribution in [2.45, 2.75) is 70.5 Å². The van der Waals surface area contributed by atoms with Crippen LogP contribution in [0.25, 0.3) is 6.08 Å². The van der Waals surface area contributed by atoms with Gasteiger partial charge in [0, 0.05) is 0 Å². The molecular formula is C19H32N2O2. The van der Waals surface area contributed by atoms with Crippen molar-refractivity contribution in [3.8, 4) is 0 Å². The Hall–Kier alpha value is -1.23. The van der Waals surface area contributed by atoms with Gasteiger partial charge in [0.25, 0.3) is 0 Å². The molecule has 1 rings (SSSR count). The highest BCUT2D eigenvalue weighted by molar-refractivity contribution is 5.46. The van der Waals surface area contributed by atoms with E-state index in [2.05, 4.69) is 18.8 Å². The Morgan fingerprint density at radius 1 is 1.22 bits per heavy atom. The number of aliphatic hydroxyl groups is 2. The minimum atomic E-state index is -0.764. The second-order valence-electron chi connectivity index (χ2n) is 6.22. The molecule has 0 aliphatic heterocycles. The molecule has 130 valence electrons. The van der Waals surface area contributed by atoms with Crippen LogP contribution in [0.3, 0.4) is 0 Å². The van der Waals surface area contributed by atoms with E-state index in [0.29, 0.717) is 18.7 Å². The van der Waals surface area contributed by atoms with Crippen molar-refractivity contribution in [3.63, 3.8) is 0 Å². The van der Waals surface area contributed by atoms with Gasteiger partial charge in [0.15, 0.2) is 0 Å². The summed E-state index contributed by atoms with van der Waals surface area (Å²) in [6, 6.07) is 5.56. The molecule has 1 atom stereocenters. The summed E-state index contributed by atoms with van der Waals surface area (Å²) in [6.45, 7) is 4.69. The number of nitrogens with two attached hydrogens (primary N) is 1. The Kier molecular flexibility index (Phi) is 9.07. The molecule has 0 saturated heterocycles. The van der Waals surface area contributed by atoms with Gasteiger partial charge in [-0.3, -0.25) is 4.98 Å². The van der Waals surface area contributed by atoms with E-state index < -0.39 is 11.7 Å². The summed E-state index contributed by atoms with van der Waals surface area (Å²) in [6.07, 6.45) is 9.31. The van der Waals surface area contributed by atoms with Crippen LogP contribution < -0.4 is 5.73 Å². The van der Waals surface area contributed by atoms with E-state index in [0.717, 1.165) is 44.2 Å². The molecule has 0 bridgehead atoms. The van der Waals surface area contributed by atoms with Crippen molar-refractivity contribution in [2.24, 2.45) is 5.73 Å². The molecule has 0 radical (unpaired) electrons.